The zero-order valence-corrected chi connectivity index (χ0v) is 21.9. The summed E-state index contributed by atoms with van der Waals surface area (Å²) in [6.45, 7) is 6.35. The third-order valence-electron chi connectivity index (χ3n) is 8.84. The number of carbonyl (C=O) groups excluding carboxylic acids is 2. The first kappa shape index (κ1) is 25.3. The quantitative estimate of drug-likeness (QED) is 0.483. The fourth-order valence-corrected chi connectivity index (χ4v) is 7.50. The zero-order valence-electron chi connectivity index (χ0n) is 21.9. The minimum absolute atomic E-state index is 0.0698. The van der Waals surface area contributed by atoms with Gasteiger partial charge in [-0.25, -0.2) is 0 Å². The van der Waals surface area contributed by atoms with E-state index in [0.717, 1.165) is 31.4 Å². The van der Waals surface area contributed by atoms with Gasteiger partial charge in [0.2, 0.25) is 5.91 Å². The maximum atomic E-state index is 13.2. The van der Waals surface area contributed by atoms with Crippen molar-refractivity contribution in [1.82, 2.24) is 10.2 Å². The Morgan fingerprint density at radius 1 is 1.33 bits per heavy atom. The molecule has 2 heterocycles. The SMILES string of the molecule is CO[C@@]12CCC(N[C@@H](CCC(N)=O)C(=O)OC(C)(C)C)C3Oc4c(O)ccc5c4[C@@]31CCN(C)[C@@H]2C5. The van der Waals surface area contributed by atoms with Gasteiger partial charge in [0.25, 0.3) is 0 Å². The van der Waals surface area contributed by atoms with Gasteiger partial charge in [0.05, 0.1) is 11.0 Å². The Kier molecular flexibility index (Phi) is 6.04. The highest BCUT2D eigenvalue weighted by Crippen LogP contribution is 2.66. The lowest BCUT2D eigenvalue weighted by Crippen LogP contribution is -2.78. The molecule has 198 valence electrons. The number of ether oxygens (including phenoxy) is 3. The third kappa shape index (κ3) is 3.62. The molecule has 5 rings (SSSR count). The number of hydrogen-bond acceptors (Lipinski definition) is 8. The summed E-state index contributed by atoms with van der Waals surface area (Å²) in [7, 11) is 3.95. The van der Waals surface area contributed by atoms with E-state index in [4.69, 9.17) is 19.9 Å². The van der Waals surface area contributed by atoms with E-state index < -0.39 is 34.5 Å². The predicted octanol–water partition coefficient (Wildman–Crippen LogP) is 1.76. The van der Waals surface area contributed by atoms with Crippen LogP contribution >= 0.6 is 0 Å². The number of benzene rings is 1. The molecule has 36 heavy (non-hydrogen) atoms. The molecule has 2 fully saturated rings. The van der Waals surface area contributed by atoms with E-state index in [2.05, 4.69) is 17.3 Å². The number of aromatic hydroxyl groups is 1. The highest BCUT2D eigenvalue weighted by atomic mass is 16.6. The first-order chi connectivity index (χ1) is 16.9. The fraction of sp³-hybridized carbons (Fsp3) is 0.704. The number of methoxy groups -OCH3 is 1. The molecule has 4 aliphatic rings. The van der Waals surface area contributed by atoms with Crippen molar-refractivity contribution in [2.24, 2.45) is 5.73 Å². The lowest BCUT2D eigenvalue weighted by Gasteiger charge is -2.65. The number of carbonyl (C=O) groups is 2. The molecule has 6 atom stereocenters. The summed E-state index contributed by atoms with van der Waals surface area (Å²) in [6.07, 6.45) is 3.11. The third-order valence-corrected chi connectivity index (χ3v) is 8.84. The Bertz CT molecular complexity index is 1070. The largest absolute Gasteiger partial charge is 0.504 e. The Hall–Kier alpha value is -2.36. The number of amides is 1. The lowest BCUT2D eigenvalue weighted by atomic mass is 9.48. The van der Waals surface area contributed by atoms with Crippen LogP contribution in [0.2, 0.25) is 0 Å². The summed E-state index contributed by atoms with van der Waals surface area (Å²) in [5.41, 5.74) is 6.09. The second-order valence-corrected chi connectivity index (χ2v) is 11.9. The van der Waals surface area contributed by atoms with Crippen molar-refractivity contribution >= 4 is 11.9 Å². The number of esters is 1. The average molecular weight is 502 g/mol. The minimum atomic E-state index is -0.709. The molecular formula is C27H39N3O6. The van der Waals surface area contributed by atoms with Crippen LogP contribution in [-0.2, 0) is 30.9 Å². The van der Waals surface area contributed by atoms with Crippen molar-refractivity contribution in [3.05, 3.63) is 23.3 Å². The number of nitrogens with one attached hydrogen (secondary N) is 1. The molecule has 1 aromatic carbocycles. The fourth-order valence-electron chi connectivity index (χ4n) is 7.50. The van der Waals surface area contributed by atoms with E-state index in [1.54, 1.807) is 13.2 Å². The number of nitrogens with two attached hydrogens (primary N) is 1. The van der Waals surface area contributed by atoms with Crippen molar-refractivity contribution in [3.63, 3.8) is 0 Å². The van der Waals surface area contributed by atoms with Crippen LogP contribution in [0.4, 0.5) is 0 Å². The molecule has 1 saturated heterocycles. The molecule has 1 saturated carbocycles. The number of hydrogen-bond donors (Lipinski definition) is 3. The molecule has 1 spiro atoms. The van der Waals surface area contributed by atoms with Gasteiger partial charge in [-0.15, -0.1) is 0 Å². The van der Waals surface area contributed by atoms with E-state index in [1.807, 2.05) is 26.8 Å². The Labute approximate surface area is 212 Å². The second kappa shape index (κ2) is 8.60. The van der Waals surface area contributed by atoms with Crippen molar-refractivity contribution in [2.75, 3.05) is 20.7 Å². The zero-order chi connectivity index (χ0) is 26.0. The molecule has 2 unspecified atom stereocenters. The summed E-state index contributed by atoms with van der Waals surface area (Å²) in [5, 5.41) is 14.3. The number of rotatable bonds is 7. The molecule has 2 bridgehead atoms. The number of phenolic OH excluding ortho intramolecular Hbond substituents is 1. The van der Waals surface area contributed by atoms with Crippen molar-refractivity contribution < 1.29 is 28.9 Å². The van der Waals surface area contributed by atoms with Gasteiger partial charge >= 0.3 is 5.97 Å². The number of likely N-dealkylation sites (N-methyl/N-ethyl adjacent to an activating group) is 1. The maximum Gasteiger partial charge on any atom is 0.323 e. The van der Waals surface area contributed by atoms with Crippen molar-refractivity contribution in [2.45, 2.75) is 100 Å². The first-order valence-corrected chi connectivity index (χ1v) is 13.0. The van der Waals surface area contributed by atoms with E-state index in [1.165, 1.54) is 5.56 Å². The summed E-state index contributed by atoms with van der Waals surface area (Å²) < 4.78 is 18.8. The summed E-state index contributed by atoms with van der Waals surface area (Å²) >= 11 is 0. The smallest absolute Gasteiger partial charge is 0.323 e. The van der Waals surface area contributed by atoms with Gasteiger partial charge in [0.1, 0.15) is 17.7 Å². The molecule has 1 amide bonds. The van der Waals surface area contributed by atoms with Gasteiger partial charge in [0, 0.05) is 31.2 Å². The molecule has 0 radical (unpaired) electrons. The molecular weight excluding hydrogens is 462 g/mol. The monoisotopic (exact) mass is 501 g/mol. The summed E-state index contributed by atoms with van der Waals surface area (Å²) in [5.74, 6) is -0.193. The summed E-state index contributed by atoms with van der Waals surface area (Å²) in [6, 6.07) is 3.00. The van der Waals surface area contributed by atoms with Gasteiger partial charge in [-0.05, 0) is 78.1 Å². The molecule has 4 N–H and O–H groups in total. The van der Waals surface area contributed by atoms with Crippen LogP contribution in [-0.4, -0.2) is 78.0 Å². The number of phenols is 1. The van der Waals surface area contributed by atoms with Gasteiger partial charge in [-0.3, -0.25) is 14.9 Å². The van der Waals surface area contributed by atoms with Gasteiger partial charge < -0.3 is 30.0 Å². The highest BCUT2D eigenvalue weighted by Gasteiger charge is 2.73. The summed E-state index contributed by atoms with van der Waals surface area (Å²) in [4.78, 5) is 27.1. The van der Waals surface area contributed by atoms with Gasteiger partial charge in [-0.1, -0.05) is 6.07 Å². The van der Waals surface area contributed by atoms with Crippen molar-refractivity contribution in [1.29, 1.82) is 0 Å². The minimum Gasteiger partial charge on any atom is -0.504 e. The van der Waals surface area contributed by atoms with E-state index in [0.29, 0.717) is 12.2 Å². The Balaban J connectivity index is 1.54. The van der Waals surface area contributed by atoms with Crippen LogP contribution in [0.15, 0.2) is 12.1 Å². The Morgan fingerprint density at radius 3 is 2.75 bits per heavy atom. The van der Waals surface area contributed by atoms with Crippen LogP contribution in [0.5, 0.6) is 11.5 Å². The van der Waals surface area contributed by atoms with E-state index in [-0.39, 0.29) is 36.8 Å². The lowest BCUT2D eigenvalue weighted by molar-refractivity contribution is -0.204. The van der Waals surface area contributed by atoms with E-state index >= 15 is 0 Å². The van der Waals surface area contributed by atoms with Gasteiger partial charge in [0.15, 0.2) is 11.5 Å². The van der Waals surface area contributed by atoms with E-state index in [9.17, 15) is 14.7 Å². The van der Waals surface area contributed by atoms with Crippen LogP contribution in [0.3, 0.4) is 0 Å². The average Bonchev–Trinajstić information content (AvgIpc) is 3.16. The number of piperidine rings is 1. The van der Waals surface area contributed by atoms with Crippen LogP contribution < -0.4 is 15.8 Å². The standard InChI is InChI=1S/C27H39N3O6/c1-25(2,3)36-24(33)17(7-9-20(28)32)29-16-10-11-27(34-5)19-14-15-6-8-18(31)22-21(15)26(27,23(16)35-22)12-13-30(19)4/h6,8,16-17,19,23,29,31H,7,9-14H2,1-5H3,(H2,28,32)/t16?,17-,19+,23?,26-,27+/m0/s1. The second-order valence-electron chi connectivity index (χ2n) is 11.9. The topological polar surface area (TPSA) is 123 Å². The number of likely N-dealkylation sites (tertiary alicyclic amines) is 1. The van der Waals surface area contributed by atoms with Gasteiger partial charge in [-0.2, -0.15) is 0 Å². The predicted molar refractivity (Wildman–Crippen MR) is 133 cm³/mol. The molecule has 9 nitrogen and oxygen atoms in total. The first-order valence-electron chi connectivity index (χ1n) is 13.0. The number of primary amides is 1. The van der Waals surface area contributed by atoms with Crippen molar-refractivity contribution in [3.8, 4) is 11.5 Å². The van der Waals surface area contributed by atoms with Crippen LogP contribution in [0, 0.1) is 0 Å². The Morgan fingerprint density at radius 2 is 2.08 bits per heavy atom. The molecule has 2 aliphatic carbocycles. The highest BCUT2D eigenvalue weighted by molar-refractivity contribution is 5.79. The molecule has 9 heteroatoms. The normalized spacial score (nSPS) is 33.4. The molecule has 0 aromatic heterocycles. The molecule has 1 aromatic rings. The number of nitrogens with zero attached hydrogens (tertiary/aromatic N) is 1. The van der Waals surface area contributed by atoms with Crippen LogP contribution in [0.1, 0.15) is 64.0 Å². The maximum absolute atomic E-state index is 13.2. The molecule has 2 aliphatic heterocycles. The van der Waals surface area contributed by atoms with Crippen LogP contribution in [0.25, 0.3) is 0 Å².